The topological polar surface area (TPSA) is 64.9 Å². The summed E-state index contributed by atoms with van der Waals surface area (Å²) in [5.41, 5.74) is 15.0. The van der Waals surface area contributed by atoms with E-state index in [1.165, 1.54) is 0 Å². The predicted molar refractivity (Wildman–Crippen MR) is 58.5 cm³/mol. The second-order valence-electron chi connectivity index (χ2n) is 3.05. The largest absolute Gasteiger partial charge is 0.398 e. The lowest BCUT2D eigenvalue weighted by Crippen LogP contribution is -1.95. The maximum atomic E-state index is 5.85. The first-order valence-corrected chi connectivity index (χ1v) is 4.33. The summed E-state index contributed by atoms with van der Waals surface area (Å²) in [5, 5.41) is 0. The van der Waals surface area contributed by atoms with Crippen molar-refractivity contribution in [1.82, 2.24) is 4.98 Å². The Morgan fingerprint density at radius 1 is 0.857 bits per heavy atom. The maximum absolute atomic E-state index is 5.85. The number of benzene rings is 1. The molecule has 14 heavy (non-hydrogen) atoms. The number of aromatic nitrogens is 1. The second-order valence-corrected chi connectivity index (χ2v) is 3.05. The highest BCUT2D eigenvalue weighted by Gasteiger charge is 2.04. The fraction of sp³-hybridized carbons (Fsp3) is 0. The third-order valence-corrected chi connectivity index (χ3v) is 2.10. The standard InChI is InChI=1S/C11H11N3/c12-9-2-1-3-10(13)11(9)8-4-6-14-7-5-8/h1-7H,12-13H2. The van der Waals surface area contributed by atoms with Gasteiger partial charge in [0.2, 0.25) is 0 Å². The molecule has 0 atom stereocenters. The Balaban J connectivity index is 2.63. The molecule has 2 rings (SSSR count). The fourth-order valence-corrected chi connectivity index (χ4v) is 1.44. The van der Waals surface area contributed by atoms with Crippen molar-refractivity contribution in [2.45, 2.75) is 0 Å². The van der Waals surface area contributed by atoms with Gasteiger partial charge in [0.1, 0.15) is 0 Å². The molecular weight excluding hydrogens is 174 g/mol. The molecule has 0 fully saturated rings. The van der Waals surface area contributed by atoms with Crippen molar-refractivity contribution >= 4 is 11.4 Å². The minimum Gasteiger partial charge on any atom is -0.398 e. The molecule has 0 aliphatic heterocycles. The first-order valence-electron chi connectivity index (χ1n) is 4.33. The monoisotopic (exact) mass is 185 g/mol. The van der Waals surface area contributed by atoms with Gasteiger partial charge in [0.15, 0.2) is 0 Å². The van der Waals surface area contributed by atoms with E-state index < -0.39 is 0 Å². The molecule has 2 aromatic rings. The molecule has 0 amide bonds. The predicted octanol–water partition coefficient (Wildman–Crippen LogP) is 1.91. The van der Waals surface area contributed by atoms with Crippen molar-refractivity contribution in [2.75, 3.05) is 11.5 Å². The van der Waals surface area contributed by atoms with Crippen LogP contribution in [0.25, 0.3) is 11.1 Å². The lowest BCUT2D eigenvalue weighted by atomic mass is 10.0. The van der Waals surface area contributed by atoms with Crippen LogP contribution in [0.4, 0.5) is 11.4 Å². The normalized spacial score (nSPS) is 10.0. The van der Waals surface area contributed by atoms with Gasteiger partial charge in [-0.15, -0.1) is 0 Å². The first-order chi connectivity index (χ1) is 6.79. The molecular formula is C11H11N3. The van der Waals surface area contributed by atoms with E-state index in [0.717, 1.165) is 11.1 Å². The van der Waals surface area contributed by atoms with Crippen molar-refractivity contribution in [1.29, 1.82) is 0 Å². The van der Waals surface area contributed by atoms with Gasteiger partial charge in [0.05, 0.1) is 0 Å². The number of nitrogens with zero attached hydrogens (tertiary/aromatic N) is 1. The van der Waals surface area contributed by atoms with E-state index in [4.69, 9.17) is 11.5 Å². The Bertz CT molecular complexity index is 417. The van der Waals surface area contributed by atoms with E-state index in [-0.39, 0.29) is 0 Å². The summed E-state index contributed by atoms with van der Waals surface area (Å²) in [6.07, 6.45) is 3.45. The van der Waals surface area contributed by atoms with E-state index >= 15 is 0 Å². The Morgan fingerprint density at radius 3 is 2.00 bits per heavy atom. The lowest BCUT2D eigenvalue weighted by molar-refractivity contribution is 1.33. The Morgan fingerprint density at radius 2 is 1.43 bits per heavy atom. The molecule has 0 saturated heterocycles. The van der Waals surface area contributed by atoms with E-state index in [1.54, 1.807) is 12.4 Å². The van der Waals surface area contributed by atoms with E-state index in [0.29, 0.717) is 11.4 Å². The molecule has 4 N–H and O–H groups in total. The molecule has 0 spiro atoms. The van der Waals surface area contributed by atoms with Crippen LogP contribution in [0.3, 0.4) is 0 Å². The molecule has 3 heteroatoms. The van der Waals surface area contributed by atoms with E-state index in [2.05, 4.69) is 4.98 Å². The van der Waals surface area contributed by atoms with Gasteiger partial charge >= 0.3 is 0 Å². The summed E-state index contributed by atoms with van der Waals surface area (Å²) < 4.78 is 0. The third kappa shape index (κ3) is 1.40. The molecule has 3 nitrogen and oxygen atoms in total. The van der Waals surface area contributed by atoms with Gasteiger partial charge in [-0.1, -0.05) is 6.07 Å². The van der Waals surface area contributed by atoms with Crippen LogP contribution in [-0.2, 0) is 0 Å². The van der Waals surface area contributed by atoms with Crippen LogP contribution in [0.2, 0.25) is 0 Å². The summed E-state index contributed by atoms with van der Waals surface area (Å²) in [6.45, 7) is 0. The number of rotatable bonds is 1. The molecule has 70 valence electrons. The summed E-state index contributed by atoms with van der Waals surface area (Å²) in [6, 6.07) is 9.30. The summed E-state index contributed by atoms with van der Waals surface area (Å²) in [4.78, 5) is 3.95. The van der Waals surface area contributed by atoms with Gasteiger partial charge in [0, 0.05) is 29.3 Å². The lowest BCUT2D eigenvalue weighted by Gasteiger charge is -2.08. The molecule has 1 aromatic heterocycles. The highest BCUT2D eigenvalue weighted by molar-refractivity contribution is 5.86. The average Bonchev–Trinajstić information content (AvgIpc) is 2.19. The number of pyridine rings is 1. The number of nitrogen functional groups attached to an aromatic ring is 2. The average molecular weight is 185 g/mol. The van der Waals surface area contributed by atoms with Crippen LogP contribution < -0.4 is 11.5 Å². The van der Waals surface area contributed by atoms with Gasteiger partial charge in [-0.3, -0.25) is 4.98 Å². The highest BCUT2D eigenvalue weighted by Crippen LogP contribution is 2.30. The van der Waals surface area contributed by atoms with Crippen LogP contribution >= 0.6 is 0 Å². The second kappa shape index (κ2) is 3.38. The smallest absolute Gasteiger partial charge is 0.0414 e. The quantitative estimate of drug-likeness (QED) is 0.667. The zero-order valence-electron chi connectivity index (χ0n) is 7.64. The van der Waals surface area contributed by atoms with E-state index in [9.17, 15) is 0 Å². The molecule has 0 saturated carbocycles. The fourth-order valence-electron chi connectivity index (χ4n) is 1.44. The summed E-state index contributed by atoms with van der Waals surface area (Å²) in [5.74, 6) is 0. The summed E-state index contributed by atoms with van der Waals surface area (Å²) >= 11 is 0. The Labute approximate surface area is 82.4 Å². The van der Waals surface area contributed by atoms with Crippen LogP contribution in [-0.4, -0.2) is 4.98 Å². The van der Waals surface area contributed by atoms with Gasteiger partial charge in [-0.25, -0.2) is 0 Å². The van der Waals surface area contributed by atoms with Gasteiger partial charge in [-0.2, -0.15) is 0 Å². The van der Waals surface area contributed by atoms with Gasteiger partial charge in [-0.05, 0) is 29.8 Å². The molecule has 0 unspecified atom stereocenters. The molecule has 0 aliphatic rings. The molecule has 1 aromatic carbocycles. The van der Waals surface area contributed by atoms with Crippen molar-refractivity contribution < 1.29 is 0 Å². The van der Waals surface area contributed by atoms with Crippen LogP contribution in [0, 0.1) is 0 Å². The molecule has 1 heterocycles. The number of hydrogen-bond donors (Lipinski definition) is 2. The minimum absolute atomic E-state index is 0.691. The zero-order valence-corrected chi connectivity index (χ0v) is 7.64. The van der Waals surface area contributed by atoms with Gasteiger partial charge < -0.3 is 11.5 Å². The van der Waals surface area contributed by atoms with Crippen molar-refractivity contribution in [3.8, 4) is 11.1 Å². The Hall–Kier alpha value is -2.03. The Kier molecular flexibility index (Phi) is 2.07. The van der Waals surface area contributed by atoms with Gasteiger partial charge in [0.25, 0.3) is 0 Å². The van der Waals surface area contributed by atoms with Crippen LogP contribution in [0.1, 0.15) is 0 Å². The number of hydrogen-bond acceptors (Lipinski definition) is 3. The zero-order chi connectivity index (χ0) is 9.97. The van der Waals surface area contributed by atoms with Crippen LogP contribution in [0.5, 0.6) is 0 Å². The molecule has 0 radical (unpaired) electrons. The highest BCUT2D eigenvalue weighted by atomic mass is 14.6. The van der Waals surface area contributed by atoms with Crippen molar-refractivity contribution in [2.24, 2.45) is 0 Å². The molecule has 0 aliphatic carbocycles. The SMILES string of the molecule is Nc1cccc(N)c1-c1ccncc1. The molecule has 0 bridgehead atoms. The summed E-state index contributed by atoms with van der Waals surface area (Å²) in [7, 11) is 0. The minimum atomic E-state index is 0.691. The van der Waals surface area contributed by atoms with Crippen LogP contribution in [0.15, 0.2) is 42.7 Å². The van der Waals surface area contributed by atoms with Crippen molar-refractivity contribution in [3.63, 3.8) is 0 Å². The number of anilines is 2. The van der Waals surface area contributed by atoms with E-state index in [1.807, 2.05) is 30.3 Å². The number of nitrogens with two attached hydrogens (primary N) is 2. The third-order valence-electron chi connectivity index (χ3n) is 2.10. The first kappa shape index (κ1) is 8.56. The maximum Gasteiger partial charge on any atom is 0.0414 e. The van der Waals surface area contributed by atoms with Crippen molar-refractivity contribution in [3.05, 3.63) is 42.7 Å².